The van der Waals surface area contributed by atoms with E-state index in [9.17, 15) is 18.0 Å². The number of carbonyl (C=O) groups excluding carboxylic acids is 1. The highest BCUT2D eigenvalue weighted by Crippen LogP contribution is 2.32. The number of nitrogens with zero attached hydrogens (tertiary/aromatic N) is 1. The first-order valence-corrected chi connectivity index (χ1v) is 11.6. The standard InChI is InChI=1S/C27H28F3NO4/c1-3-33-26(32)17-34-23-9-6-19-10-12-31(13-11-21(19)15-23)16-25-18(2)14-24(35-25)20-4-7-22(8-5-20)27(28,29)30/h4-9,14-15H,3,10-13,16-17H2,1-2H3. The molecule has 0 fully saturated rings. The van der Waals surface area contributed by atoms with Gasteiger partial charge in [-0.15, -0.1) is 0 Å². The monoisotopic (exact) mass is 487 g/mol. The maximum atomic E-state index is 12.8. The lowest BCUT2D eigenvalue weighted by Crippen LogP contribution is -2.26. The first kappa shape index (κ1) is 24.9. The average molecular weight is 488 g/mol. The Bertz CT molecular complexity index is 1170. The fourth-order valence-corrected chi connectivity index (χ4v) is 4.19. The molecule has 0 spiro atoms. The van der Waals surface area contributed by atoms with E-state index in [4.69, 9.17) is 13.9 Å². The van der Waals surface area contributed by atoms with Crippen LogP contribution in [-0.4, -0.2) is 37.2 Å². The summed E-state index contributed by atoms with van der Waals surface area (Å²) >= 11 is 0. The van der Waals surface area contributed by atoms with E-state index in [-0.39, 0.29) is 6.61 Å². The van der Waals surface area contributed by atoms with E-state index in [1.165, 1.54) is 23.3 Å². The average Bonchev–Trinajstić information content (AvgIpc) is 3.07. The lowest BCUT2D eigenvalue weighted by Gasteiger charge is -2.18. The second kappa shape index (κ2) is 10.6. The summed E-state index contributed by atoms with van der Waals surface area (Å²) in [6.07, 6.45) is -2.66. The zero-order valence-electron chi connectivity index (χ0n) is 19.8. The Balaban J connectivity index is 1.39. The summed E-state index contributed by atoms with van der Waals surface area (Å²) in [4.78, 5) is 13.9. The third-order valence-corrected chi connectivity index (χ3v) is 6.12. The van der Waals surface area contributed by atoms with Crippen LogP contribution in [0.15, 0.2) is 52.9 Å². The van der Waals surface area contributed by atoms with Crippen LogP contribution in [0.3, 0.4) is 0 Å². The number of rotatable bonds is 7. The molecule has 0 radical (unpaired) electrons. The van der Waals surface area contributed by atoms with E-state index < -0.39 is 17.7 Å². The number of carbonyl (C=O) groups is 1. The zero-order valence-corrected chi connectivity index (χ0v) is 19.8. The van der Waals surface area contributed by atoms with Crippen molar-refractivity contribution in [2.75, 3.05) is 26.3 Å². The van der Waals surface area contributed by atoms with Gasteiger partial charge in [0.2, 0.25) is 0 Å². The number of furan rings is 1. The number of fused-ring (bicyclic) bond motifs is 1. The molecule has 3 aromatic rings. The molecule has 0 atom stereocenters. The molecule has 186 valence electrons. The third kappa shape index (κ3) is 6.25. The van der Waals surface area contributed by atoms with Crippen LogP contribution in [0.25, 0.3) is 11.3 Å². The highest BCUT2D eigenvalue weighted by atomic mass is 19.4. The van der Waals surface area contributed by atoms with Gasteiger partial charge in [-0.25, -0.2) is 4.79 Å². The lowest BCUT2D eigenvalue weighted by molar-refractivity contribution is -0.145. The normalized spacial score (nSPS) is 14.3. The smallest absolute Gasteiger partial charge is 0.416 e. The van der Waals surface area contributed by atoms with Crippen molar-refractivity contribution in [3.05, 3.63) is 76.5 Å². The summed E-state index contributed by atoms with van der Waals surface area (Å²) < 4.78 is 55.1. The molecule has 1 aromatic heterocycles. The molecule has 2 aromatic carbocycles. The molecule has 0 N–H and O–H groups in total. The molecule has 4 rings (SSSR count). The van der Waals surface area contributed by atoms with Gasteiger partial charge in [-0.05, 0) is 73.7 Å². The summed E-state index contributed by atoms with van der Waals surface area (Å²) in [7, 11) is 0. The van der Waals surface area contributed by atoms with E-state index in [1.54, 1.807) is 6.92 Å². The topological polar surface area (TPSA) is 51.9 Å². The number of aryl methyl sites for hydroxylation is 1. The molecule has 1 aliphatic rings. The van der Waals surface area contributed by atoms with E-state index in [0.717, 1.165) is 49.4 Å². The molecule has 5 nitrogen and oxygen atoms in total. The summed E-state index contributed by atoms with van der Waals surface area (Å²) in [6.45, 7) is 6.21. The van der Waals surface area contributed by atoms with Crippen molar-refractivity contribution in [2.24, 2.45) is 0 Å². The van der Waals surface area contributed by atoms with Gasteiger partial charge in [-0.1, -0.05) is 18.2 Å². The summed E-state index contributed by atoms with van der Waals surface area (Å²) in [5.74, 6) is 1.63. The van der Waals surface area contributed by atoms with Gasteiger partial charge in [0.15, 0.2) is 6.61 Å². The lowest BCUT2D eigenvalue weighted by atomic mass is 10.0. The SMILES string of the molecule is CCOC(=O)COc1ccc2c(c1)CCN(Cc1oc(-c3ccc(C(F)(F)F)cc3)cc1C)CC2. The fraction of sp³-hybridized carbons (Fsp3) is 0.370. The van der Waals surface area contributed by atoms with Crippen LogP contribution >= 0.6 is 0 Å². The van der Waals surface area contributed by atoms with Crippen LogP contribution in [0.5, 0.6) is 5.75 Å². The van der Waals surface area contributed by atoms with Gasteiger partial charge in [0.1, 0.15) is 17.3 Å². The van der Waals surface area contributed by atoms with Crippen molar-refractivity contribution < 1.29 is 31.9 Å². The molecular formula is C27H28F3NO4. The minimum atomic E-state index is -4.36. The number of esters is 1. The van der Waals surface area contributed by atoms with Gasteiger partial charge < -0.3 is 13.9 Å². The zero-order chi connectivity index (χ0) is 25.0. The maximum Gasteiger partial charge on any atom is 0.416 e. The number of benzene rings is 2. The molecule has 0 amide bonds. The van der Waals surface area contributed by atoms with Crippen molar-refractivity contribution in [2.45, 2.75) is 39.4 Å². The predicted octanol–water partition coefficient (Wildman–Crippen LogP) is 5.82. The molecule has 0 saturated heterocycles. The highest BCUT2D eigenvalue weighted by Gasteiger charge is 2.30. The minimum Gasteiger partial charge on any atom is -0.482 e. The van der Waals surface area contributed by atoms with Gasteiger partial charge in [0.05, 0.1) is 18.7 Å². The van der Waals surface area contributed by atoms with E-state index >= 15 is 0 Å². The van der Waals surface area contributed by atoms with E-state index in [1.807, 2.05) is 31.2 Å². The Morgan fingerprint density at radius 1 is 1.03 bits per heavy atom. The van der Waals surface area contributed by atoms with Crippen LogP contribution < -0.4 is 4.74 Å². The Morgan fingerprint density at radius 2 is 1.74 bits per heavy atom. The second-order valence-electron chi connectivity index (χ2n) is 8.59. The molecule has 35 heavy (non-hydrogen) atoms. The van der Waals surface area contributed by atoms with Crippen molar-refractivity contribution in [3.8, 4) is 17.1 Å². The van der Waals surface area contributed by atoms with Gasteiger partial charge in [0.25, 0.3) is 0 Å². The molecule has 0 unspecified atom stereocenters. The maximum absolute atomic E-state index is 12.8. The Kier molecular flexibility index (Phi) is 7.50. The Hall–Kier alpha value is -3.26. The third-order valence-electron chi connectivity index (χ3n) is 6.12. The van der Waals surface area contributed by atoms with Crippen molar-refractivity contribution in [1.82, 2.24) is 4.90 Å². The minimum absolute atomic E-state index is 0.113. The molecule has 2 heterocycles. The number of alkyl halides is 3. The van der Waals surface area contributed by atoms with E-state index in [0.29, 0.717) is 30.2 Å². The molecule has 1 aliphatic heterocycles. The summed E-state index contributed by atoms with van der Waals surface area (Å²) in [5.41, 5.74) is 3.35. The molecule has 0 saturated carbocycles. The molecule has 0 bridgehead atoms. The van der Waals surface area contributed by atoms with Crippen LogP contribution in [-0.2, 0) is 35.1 Å². The first-order valence-electron chi connectivity index (χ1n) is 11.6. The quantitative estimate of drug-likeness (QED) is 0.394. The summed E-state index contributed by atoms with van der Waals surface area (Å²) in [5, 5.41) is 0. The van der Waals surface area contributed by atoms with Crippen LogP contribution in [0.1, 0.15) is 34.9 Å². The van der Waals surface area contributed by atoms with Crippen molar-refractivity contribution in [1.29, 1.82) is 0 Å². The number of hydrogen-bond acceptors (Lipinski definition) is 5. The molecular weight excluding hydrogens is 459 g/mol. The van der Waals surface area contributed by atoms with Crippen molar-refractivity contribution in [3.63, 3.8) is 0 Å². The summed E-state index contributed by atoms with van der Waals surface area (Å²) in [6, 6.07) is 12.8. The Morgan fingerprint density at radius 3 is 2.43 bits per heavy atom. The van der Waals surface area contributed by atoms with Gasteiger partial charge in [0, 0.05) is 18.7 Å². The largest absolute Gasteiger partial charge is 0.482 e. The molecule has 0 aliphatic carbocycles. The first-order chi connectivity index (χ1) is 16.7. The number of halogens is 3. The predicted molar refractivity (Wildman–Crippen MR) is 125 cm³/mol. The molecule has 8 heteroatoms. The Labute approximate surface area is 202 Å². The van der Waals surface area contributed by atoms with Gasteiger partial charge in [-0.2, -0.15) is 13.2 Å². The van der Waals surface area contributed by atoms with Crippen LogP contribution in [0.4, 0.5) is 13.2 Å². The highest BCUT2D eigenvalue weighted by molar-refractivity contribution is 5.71. The second-order valence-corrected chi connectivity index (χ2v) is 8.59. The number of ether oxygens (including phenoxy) is 2. The van der Waals surface area contributed by atoms with Crippen molar-refractivity contribution >= 4 is 5.97 Å². The fourth-order valence-electron chi connectivity index (χ4n) is 4.19. The van der Waals surface area contributed by atoms with Crippen LogP contribution in [0.2, 0.25) is 0 Å². The van der Waals surface area contributed by atoms with E-state index in [2.05, 4.69) is 4.90 Å². The van der Waals surface area contributed by atoms with Crippen LogP contribution in [0, 0.1) is 6.92 Å². The van der Waals surface area contributed by atoms with Gasteiger partial charge >= 0.3 is 12.1 Å². The van der Waals surface area contributed by atoms with Gasteiger partial charge in [-0.3, -0.25) is 4.90 Å². The number of hydrogen-bond donors (Lipinski definition) is 0.